The summed E-state index contributed by atoms with van der Waals surface area (Å²) in [7, 11) is -2.79. The minimum Gasteiger partial charge on any atom is -0.315 e. The molecular weight excluding hydrogens is 375 g/mol. The lowest BCUT2D eigenvalue weighted by Crippen LogP contribution is -2.36. The Bertz CT molecular complexity index is 776. The van der Waals surface area contributed by atoms with Crippen LogP contribution in [0.5, 0.6) is 0 Å². The van der Waals surface area contributed by atoms with Crippen molar-refractivity contribution in [2.45, 2.75) is 104 Å². The van der Waals surface area contributed by atoms with Gasteiger partial charge in [-0.3, -0.25) is 9.24 Å². The molecule has 0 amide bonds. The fourth-order valence-electron chi connectivity index (χ4n) is 3.88. The highest BCUT2D eigenvalue weighted by Crippen LogP contribution is 2.70. The zero-order valence-electron chi connectivity index (χ0n) is 20.6. The predicted octanol–water partition coefficient (Wildman–Crippen LogP) is 7.75. The van der Waals surface area contributed by atoms with Crippen molar-refractivity contribution >= 4 is 13.0 Å². The molecule has 1 aliphatic heterocycles. The Morgan fingerprint density at radius 2 is 1.10 bits per heavy atom. The normalized spacial score (nSPS) is 16.7. The lowest BCUT2D eigenvalue weighted by Gasteiger charge is -2.45. The average Bonchev–Trinajstić information content (AvgIpc) is 2.99. The fraction of sp³-hybridized carbons (Fsp3) is 0.640. The number of hydrogen-bond acceptors (Lipinski definition) is 2. The lowest BCUT2D eigenvalue weighted by atomic mass is 9.80. The van der Waals surface area contributed by atoms with Gasteiger partial charge in [0.25, 0.3) is 0 Å². The molecule has 162 valence electrons. The molecule has 3 nitrogen and oxygen atoms in total. The first-order valence-corrected chi connectivity index (χ1v) is 12.2. The lowest BCUT2D eigenvalue weighted by molar-refractivity contribution is 0.467. The molecule has 0 spiro atoms. The Hall–Kier alpha value is -1.21. The molecule has 4 heteroatoms. The predicted molar refractivity (Wildman–Crippen MR) is 128 cm³/mol. The van der Waals surface area contributed by atoms with Crippen molar-refractivity contribution in [3.63, 3.8) is 0 Å². The van der Waals surface area contributed by atoms with Gasteiger partial charge in [0.05, 0.1) is 0 Å². The SMILES string of the molecule is CC(C)(C)c1cc(N2[C]N(P(=O)(C(C)(C)C)C(C)(C)C)C=C2)cc(C(C)(C)C)c1. The van der Waals surface area contributed by atoms with Crippen molar-refractivity contribution in [3.05, 3.63) is 48.4 Å². The van der Waals surface area contributed by atoms with E-state index < -0.39 is 7.29 Å². The molecule has 0 aromatic heterocycles. The summed E-state index contributed by atoms with van der Waals surface area (Å²) in [5.74, 6) is 0. The van der Waals surface area contributed by atoms with Gasteiger partial charge in [-0.25, -0.2) is 0 Å². The summed E-state index contributed by atoms with van der Waals surface area (Å²) in [4.78, 5) is 1.99. The van der Waals surface area contributed by atoms with Crippen LogP contribution in [0.3, 0.4) is 0 Å². The van der Waals surface area contributed by atoms with Gasteiger partial charge in [0.15, 0.2) is 7.29 Å². The van der Waals surface area contributed by atoms with Crippen LogP contribution in [0.4, 0.5) is 5.69 Å². The molecule has 1 aromatic rings. The molecule has 29 heavy (non-hydrogen) atoms. The average molecular weight is 417 g/mol. The van der Waals surface area contributed by atoms with Crippen molar-refractivity contribution in [2.24, 2.45) is 0 Å². The Morgan fingerprint density at radius 3 is 1.45 bits per heavy atom. The molecule has 0 saturated carbocycles. The topological polar surface area (TPSA) is 23.6 Å². The Labute approximate surface area is 180 Å². The highest BCUT2D eigenvalue weighted by molar-refractivity contribution is 7.64. The van der Waals surface area contributed by atoms with Gasteiger partial charge < -0.3 is 4.90 Å². The van der Waals surface area contributed by atoms with Gasteiger partial charge in [-0.05, 0) is 34.1 Å². The summed E-state index contributed by atoms with van der Waals surface area (Å²) < 4.78 is 16.1. The summed E-state index contributed by atoms with van der Waals surface area (Å²) in [6.07, 6.45) is 3.91. The van der Waals surface area contributed by atoms with Gasteiger partial charge in [-0.1, -0.05) is 89.2 Å². The minimum absolute atomic E-state index is 0.0469. The summed E-state index contributed by atoms with van der Waals surface area (Å²) in [6.45, 7) is 29.2. The van der Waals surface area contributed by atoms with Crippen LogP contribution in [0, 0.1) is 6.67 Å². The highest BCUT2D eigenvalue weighted by atomic mass is 31.2. The van der Waals surface area contributed by atoms with Crippen LogP contribution >= 0.6 is 7.29 Å². The summed E-state index contributed by atoms with van der Waals surface area (Å²) >= 11 is 0. The van der Waals surface area contributed by atoms with E-state index in [1.807, 2.05) is 22.0 Å². The maximum absolute atomic E-state index is 14.3. The molecular formula is C25H41N2OP. The second-order valence-corrected chi connectivity index (χ2v) is 16.6. The van der Waals surface area contributed by atoms with Crippen molar-refractivity contribution in [1.82, 2.24) is 4.67 Å². The van der Waals surface area contributed by atoms with Gasteiger partial charge in [-0.2, -0.15) is 0 Å². The molecule has 0 aliphatic carbocycles. The smallest absolute Gasteiger partial charge is 0.218 e. The third-order valence-electron chi connectivity index (χ3n) is 5.62. The van der Waals surface area contributed by atoms with Crippen LogP contribution in [0.25, 0.3) is 0 Å². The number of benzene rings is 1. The summed E-state index contributed by atoms with van der Waals surface area (Å²) in [6, 6.07) is 6.78. The summed E-state index contributed by atoms with van der Waals surface area (Å²) in [5, 5.41) is -0.717. The van der Waals surface area contributed by atoms with Crippen LogP contribution in [0.1, 0.15) is 94.2 Å². The van der Waals surface area contributed by atoms with Gasteiger partial charge >= 0.3 is 0 Å². The van der Waals surface area contributed by atoms with Crippen molar-refractivity contribution < 1.29 is 4.57 Å². The molecule has 0 N–H and O–H groups in total. The van der Waals surface area contributed by atoms with E-state index in [4.69, 9.17) is 0 Å². The monoisotopic (exact) mass is 416 g/mol. The first-order chi connectivity index (χ1) is 12.8. The Balaban J connectivity index is 2.50. The maximum Gasteiger partial charge on any atom is 0.218 e. The molecule has 0 fully saturated rings. The highest BCUT2D eigenvalue weighted by Gasteiger charge is 2.51. The van der Waals surface area contributed by atoms with Crippen molar-refractivity contribution in [2.75, 3.05) is 4.90 Å². The van der Waals surface area contributed by atoms with Crippen LogP contribution in [0.2, 0.25) is 0 Å². The van der Waals surface area contributed by atoms with Crippen LogP contribution < -0.4 is 4.90 Å². The zero-order valence-corrected chi connectivity index (χ0v) is 21.5. The van der Waals surface area contributed by atoms with Gasteiger partial charge in [-0.15, -0.1) is 0 Å². The number of nitrogens with zero attached hydrogens (tertiary/aromatic N) is 2. The van der Waals surface area contributed by atoms with Gasteiger partial charge in [0.2, 0.25) is 6.67 Å². The van der Waals surface area contributed by atoms with E-state index in [1.165, 1.54) is 11.1 Å². The molecule has 0 saturated heterocycles. The summed E-state index contributed by atoms with van der Waals surface area (Å²) in [5.41, 5.74) is 3.75. The molecule has 0 atom stereocenters. The Morgan fingerprint density at radius 1 is 0.690 bits per heavy atom. The van der Waals surface area contributed by atoms with Gasteiger partial charge in [0.1, 0.15) is 0 Å². The molecule has 2 rings (SSSR count). The molecule has 1 aromatic carbocycles. The van der Waals surface area contributed by atoms with E-state index in [0.29, 0.717) is 0 Å². The second kappa shape index (κ2) is 7.19. The Kier molecular flexibility index (Phi) is 5.96. The van der Waals surface area contributed by atoms with Gasteiger partial charge in [0, 0.05) is 28.4 Å². The van der Waals surface area contributed by atoms with E-state index in [9.17, 15) is 4.57 Å². The third kappa shape index (κ3) is 4.61. The molecule has 2 radical (unpaired) electrons. The van der Waals surface area contributed by atoms with Crippen molar-refractivity contribution in [3.8, 4) is 0 Å². The first kappa shape index (κ1) is 24.1. The van der Waals surface area contributed by atoms with Crippen LogP contribution in [-0.4, -0.2) is 15.0 Å². The number of hydrogen-bond donors (Lipinski definition) is 0. The van der Waals surface area contributed by atoms with E-state index in [-0.39, 0.29) is 21.1 Å². The molecule has 0 unspecified atom stereocenters. The fourth-order valence-corrected chi connectivity index (χ4v) is 7.65. The molecule has 1 aliphatic rings. The van der Waals surface area contributed by atoms with E-state index in [2.05, 4.69) is 108 Å². The van der Waals surface area contributed by atoms with E-state index in [1.54, 1.807) is 0 Å². The van der Waals surface area contributed by atoms with Crippen molar-refractivity contribution in [1.29, 1.82) is 0 Å². The minimum atomic E-state index is -2.79. The number of anilines is 1. The largest absolute Gasteiger partial charge is 0.315 e. The maximum atomic E-state index is 14.3. The molecule has 0 bridgehead atoms. The quantitative estimate of drug-likeness (QED) is 0.461. The van der Waals surface area contributed by atoms with E-state index in [0.717, 1.165) is 5.69 Å². The first-order valence-electron chi connectivity index (χ1n) is 10.6. The van der Waals surface area contributed by atoms with Crippen LogP contribution in [0.15, 0.2) is 30.6 Å². The van der Waals surface area contributed by atoms with E-state index >= 15 is 0 Å². The molecule has 1 heterocycles. The third-order valence-corrected chi connectivity index (χ3v) is 10.1. The standard InChI is InChI=1S/C25H41N2OP/c1-22(2,3)19-15-20(23(4,5)6)17-21(16-19)26-13-14-27(18-26)29(28,24(7,8)9)25(10,11)12/h13-17H,1-12H3. The second-order valence-electron chi connectivity index (χ2n) is 12.3. The number of rotatable bonds is 2. The zero-order chi connectivity index (χ0) is 22.6. The van der Waals surface area contributed by atoms with Crippen LogP contribution in [-0.2, 0) is 15.4 Å².